The third kappa shape index (κ3) is 7.07. The Balaban J connectivity index is 1.74. The molecule has 1 radical (unpaired) electrons. The summed E-state index contributed by atoms with van der Waals surface area (Å²) in [6.45, 7) is 1.23. The lowest BCUT2D eigenvalue weighted by molar-refractivity contribution is -0.137. The largest absolute Gasteiger partial charge is 0.493 e. The molecule has 0 aliphatic carbocycles. The van der Waals surface area contributed by atoms with E-state index in [2.05, 4.69) is 5.32 Å². The fourth-order valence-electron chi connectivity index (χ4n) is 4.69. The van der Waals surface area contributed by atoms with Gasteiger partial charge in [0.1, 0.15) is 12.3 Å². The molecule has 0 fully saturated rings. The molecule has 11 heteroatoms. The van der Waals surface area contributed by atoms with E-state index in [0.29, 0.717) is 41.0 Å². The van der Waals surface area contributed by atoms with Gasteiger partial charge in [-0.15, -0.1) is 0 Å². The van der Waals surface area contributed by atoms with Crippen LogP contribution in [0.4, 0.5) is 5.69 Å². The smallest absolute Gasteiger partial charge is 0.335 e. The van der Waals surface area contributed by atoms with Crippen LogP contribution < -0.4 is 15.8 Å². The van der Waals surface area contributed by atoms with Crippen LogP contribution in [0, 0.1) is 18.8 Å². The lowest BCUT2D eigenvalue weighted by Gasteiger charge is -2.24. The van der Waals surface area contributed by atoms with Crippen molar-refractivity contribution in [1.29, 1.82) is 5.41 Å². The molecule has 1 amide bonds. The minimum absolute atomic E-state index is 0.00543. The number of nitrogens with one attached hydrogen (secondary N) is 2. The van der Waals surface area contributed by atoms with E-state index in [9.17, 15) is 29.4 Å². The minimum atomic E-state index is -1.25. The molecular formula is C30H29N4O7. The Labute approximate surface area is 236 Å². The number of fused-ring (bicyclic) bond motifs is 2. The van der Waals surface area contributed by atoms with E-state index in [1.54, 1.807) is 43.3 Å². The number of aliphatic carboxylic acids is 1. The molecule has 0 unspecified atom stereocenters. The molecule has 0 aromatic heterocycles. The van der Waals surface area contributed by atoms with Gasteiger partial charge >= 0.3 is 11.9 Å². The highest BCUT2D eigenvalue weighted by Gasteiger charge is 2.27. The summed E-state index contributed by atoms with van der Waals surface area (Å²) >= 11 is 0. The van der Waals surface area contributed by atoms with Crippen molar-refractivity contribution in [3.05, 3.63) is 100.0 Å². The fraction of sp³-hybridized carbons (Fsp3) is 0.200. The van der Waals surface area contributed by atoms with Crippen molar-refractivity contribution in [1.82, 2.24) is 4.90 Å². The molecule has 1 aliphatic heterocycles. The molecular weight excluding hydrogens is 528 g/mol. The van der Waals surface area contributed by atoms with E-state index in [4.69, 9.17) is 15.9 Å². The molecule has 6 N–H and O–H groups in total. The predicted octanol–water partition coefficient (Wildman–Crippen LogP) is 3.49. The Kier molecular flexibility index (Phi) is 8.66. The first-order chi connectivity index (χ1) is 19.5. The summed E-state index contributed by atoms with van der Waals surface area (Å²) in [6.07, 6.45) is 2.40. The number of carbonyl (C=O) groups is 4. The number of hydrogen-bond acceptors (Lipinski definition) is 6. The highest BCUT2D eigenvalue weighted by atomic mass is 16.5. The number of benzene rings is 3. The zero-order valence-corrected chi connectivity index (χ0v) is 22.3. The first kappa shape index (κ1) is 28.8. The van der Waals surface area contributed by atoms with Crippen molar-refractivity contribution in [3.63, 3.8) is 0 Å². The number of carboxylic acid groups (broad SMARTS) is 2. The van der Waals surface area contributed by atoms with Crippen LogP contribution in [0.3, 0.4) is 0 Å². The van der Waals surface area contributed by atoms with Gasteiger partial charge < -0.3 is 30.9 Å². The van der Waals surface area contributed by atoms with Gasteiger partial charge in [-0.1, -0.05) is 12.1 Å². The number of hydrogen-bond donors (Lipinski definition) is 5. The van der Waals surface area contributed by atoms with E-state index >= 15 is 0 Å². The number of nitrogens with two attached hydrogens (primary N) is 1. The standard InChI is InChI=1S/C30H29N4O7/c1-17-10-24(28(38)34(16-27(36)37)15-18-4-2-5-20(12-18)29(39)40)23-14-25(35)22-8-7-21(33-30(31)32)13-19(22)6-3-9-41-26(23)11-17/h2,4-5,7-8,10-14H,3,6,9,15-16H2,1H3,(H,36,37)(H,39,40)(H4,31,32,33). The van der Waals surface area contributed by atoms with Crippen molar-refractivity contribution in [2.24, 2.45) is 5.73 Å². The number of aromatic carboxylic acids is 1. The molecule has 0 bridgehead atoms. The van der Waals surface area contributed by atoms with Gasteiger partial charge in [-0.05, 0) is 78.9 Å². The summed E-state index contributed by atoms with van der Waals surface area (Å²) in [4.78, 5) is 51.7. The molecule has 3 aromatic rings. The topological polar surface area (TPSA) is 183 Å². The zero-order chi connectivity index (χ0) is 29.7. The van der Waals surface area contributed by atoms with Crippen LogP contribution in [0.5, 0.6) is 5.75 Å². The van der Waals surface area contributed by atoms with Gasteiger partial charge in [0.25, 0.3) is 5.91 Å². The molecule has 41 heavy (non-hydrogen) atoms. The molecule has 3 aromatic carbocycles. The van der Waals surface area contributed by atoms with Crippen LogP contribution in [-0.4, -0.2) is 57.9 Å². The van der Waals surface area contributed by atoms with Gasteiger partial charge in [-0.25, -0.2) is 4.79 Å². The van der Waals surface area contributed by atoms with Gasteiger partial charge in [-0.3, -0.25) is 19.8 Å². The summed E-state index contributed by atoms with van der Waals surface area (Å²) in [5.74, 6) is -3.35. The van der Waals surface area contributed by atoms with E-state index in [0.717, 1.165) is 10.5 Å². The molecule has 0 saturated carbocycles. The first-order valence-electron chi connectivity index (χ1n) is 12.8. The van der Waals surface area contributed by atoms with Crippen molar-refractivity contribution < 1.29 is 34.1 Å². The number of aryl methyl sites for hydroxylation is 2. The highest BCUT2D eigenvalue weighted by molar-refractivity contribution is 6.09. The van der Waals surface area contributed by atoms with Crippen molar-refractivity contribution in [2.75, 3.05) is 18.5 Å². The maximum absolute atomic E-state index is 13.9. The number of Topliss-reactive ketones (excluding diaryl/α,β-unsaturated/α-hetero) is 1. The first-order valence-corrected chi connectivity index (χ1v) is 12.8. The number of rotatable bonds is 7. The molecule has 4 rings (SSSR count). The molecule has 0 atom stereocenters. The highest BCUT2D eigenvalue weighted by Crippen LogP contribution is 2.31. The SMILES string of the molecule is Cc1cc2c(c(C(=O)N(CC(=O)O)Cc3cccc(C(=O)O)c3)c1)[CH]C(=O)c1ccc(NC(=N)N)cc1CCCO2. The summed E-state index contributed by atoms with van der Waals surface area (Å²) < 4.78 is 6.01. The number of nitrogens with zero attached hydrogens (tertiary/aromatic N) is 1. The van der Waals surface area contributed by atoms with Gasteiger partial charge in [0.2, 0.25) is 0 Å². The van der Waals surface area contributed by atoms with Gasteiger partial charge in [0.15, 0.2) is 11.7 Å². The Bertz CT molecular complexity index is 1550. The number of ketones is 1. The van der Waals surface area contributed by atoms with Crippen LogP contribution in [0.1, 0.15) is 59.7 Å². The van der Waals surface area contributed by atoms with E-state index in [1.807, 2.05) is 0 Å². The second-order valence-electron chi connectivity index (χ2n) is 9.66. The lowest BCUT2D eigenvalue weighted by Crippen LogP contribution is -2.36. The molecule has 1 heterocycles. The maximum Gasteiger partial charge on any atom is 0.335 e. The van der Waals surface area contributed by atoms with Crippen LogP contribution in [0.25, 0.3) is 0 Å². The number of carboxylic acids is 2. The summed E-state index contributed by atoms with van der Waals surface area (Å²) in [5, 5.41) is 29.1. The quantitative estimate of drug-likeness (QED) is 0.214. The zero-order valence-electron chi connectivity index (χ0n) is 22.3. The monoisotopic (exact) mass is 557 g/mol. The second kappa shape index (κ2) is 12.3. The average Bonchev–Trinajstić information content (AvgIpc) is 2.90. The Morgan fingerprint density at radius 3 is 2.59 bits per heavy atom. The Morgan fingerprint density at radius 1 is 1.10 bits per heavy atom. The van der Waals surface area contributed by atoms with Crippen LogP contribution in [-0.2, 0) is 17.8 Å². The molecule has 0 saturated heterocycles. The van der Waals surface area contributed by atoms with Gasteiger partial charge in [0, 0.05) is 28.9 Å². The Morgan fingerprint density at radius 2 is 1.88 bits per heavy atom. The molecule has 0 spiro atoms. The summed E-state index contributed by atoms with van der Waals surface area (Å²) in [7, 11) is 0. The number of carbonyl (C=O) groups excluding carboxylic acids is 2. The summed E-state index contributed by atoms with van der Waals surface area (Å²) in [6, 6.07) is 14.2. The van der Waals surface area contributed by atoms with E-state index < -0.39 is 24.4 Å². The summed E-state index contributed by atoms with van der Waals surface area (Å²) in [5.41, 5.74) is 8.56. The molecule has 11 nitrogen and oxygen atoms in total. The average molecular weight is 558 g/mol. The lowest BCUT2D eigenvalue weighted by atomic mass is 9.91. The van der Waals surface area contributed by atoms with Gasteiger partial charge in [-0.2, -0.15) is 0 Å². The third-order valence-electron chi connectivity index (χ3n) is 6.45. The number of ether oxygens (including phenoxy) is 1. The van der Waals surface area contributed by atoms with E-state index in [-0.39, 0.29) is 41.6 Å². The van der Waals surface area contributed by atoms with E-state index in [1.165, 1.54) is 24.6 Å². The third-order valence-corrected chi connectivity index (χ3v) is 6.45. The van der Waals surface area contributed by atoms with Crippen LogP contribution in [0.15, 0.2) is 54.6 Å². The fourth-order valence-corrected chi connectivity index (χ4v) is 4.69. The molecule has 1 aliphatic rings. The maximum atomic E-state index is 13.9. The van der Waals surface area contributed by atoms with Crippen molar-refractivity contribution >= 4 is 35.3 Å². The second-order valence-corrected chi connectivity index (χ2v) is 9.66. The number of anilines is 1. The van der Waals surface area contributed by atoms with Gasteiger partial charge in [0.05, 0.1) is 18.6 Å². The number of amides is 1. The van der Waals surface area contributed by atoms with Crippen LogP contribution in [0.2, 0.25) is 0 Å². The predicted molar refractivity (Wildman–Crippen MR) is 150 cm³/mol. The minimum Gasteiger partial charge on any atom is -0.493 e. The van der Waals surface area contributed by atoms with Crippen LogP contribution >= 0.6 is 0 Å². The normalized spacial score (nSPS) is 12.8. The number of guanidine groups is 1. The Hall–Kier alpha value is -5.19. The van der Waals surface area contributed by atoms with Crippen molar-refractivity contribution in [3.8, 4) is 5.75 Å². The molecule has 211 valence electrons. The van der Waals surface area contributed by atoms with Crippen molar-refractivity contribution in [2.45, 2.75) is 26.3 Å².